The zero-order valence-electron chi connectivity index (χ0n) is 9.67. The molecular weight excluding hydrogens is 274 g/mol. The minimum Gasteiger partial charge on any atom is -0.481 e. The molecule has 1 aliphatic heterocycles. The van der Waals surface area contributed by atoms with Crippen LogP contribution in [0.2, 0.25) is 5.02 Å². The molecule has 1 unspecified atom stereocenters. The normalized spacial score (nSPS) is 18.7. The molecule has 7 heteroatoms. The molecule has 0 radical (unpaired) electrons. The second kappa shape index (κ2) is 4.89. The van der Waals surface area contributed by atoms with Crippen molar-refractivity contribution in [2.24, 2.45) is 5.92 Å². The number of carbonyl (C=O) groups excluding carboxylic acids is 1. The summed E-state index contributed by atoms with van der Waals surface area (Å²) in [6.07, 6.45) is -0.0830. The Kier molecular flexibility index (Phi) is 3.44. The molecule has 1 fully saturated rings. The first-order valence-electron chi connectivity index (χ1n) is 5.46. The summed E-state index contributed by atoms with van der Waals surface area (Å²) >= 11 is 5.74. The molecule has 1 aromatic rings. The van der Waals surface area contributed by atoms with E-state index in [0.29, 0.717) is 5.69 Å². The number of carbonyl (C=O) groups is 3. The maximum absolute atomic E-state index is 11.7. The Morgan fingerprint density at radius 1 is 1.32 bits per heavy atom. The Bertz CT molecular complexity index is 571. The van der Waals surface area contributed by atoms with E-state index >= 15 is 0 Å². The number of nitrogens with zero attached hydrogens (tertiary/aromatic N) is 1. The van der Waals surface area contributed by atoms with Gasteiger partial charge in [-0.1, -0.05) is 11.6 Å². The zero-order chi connectivity index (χ0) is 14.2. The average Bonchev–Trinajstić information content (AvgIpc) is 2.72. The Hall–Kier alpha value is -2.08. The lowest BCUT2D eigenvalue weighted by Gasteiger charge is -2.17. The van der Waals surface area contributed by atoms with E-state index in [4.69, 9.17) is 21.8 Å². The van der Waals surface area contributed by atoms with E-state index in [1.807, 2.05) is 0 Å². The molecule has 2 rings (SSSR count). The number of rotatable bonds is 3. The molecule has 100 valence electrons. The average molecular weight is 284 g/mol. The highest BCUT2D eigenvalue weighted by molar-refractivity contribution is 6.33. The van der Waals surface area contributed by atoms with E-state index in [1.54, 1.807) is 0 Å². The second-order valence-electron chi connectivity index (χ2n) is 4.21. The van der Waals surface area contributed by atoms with Crippen LogP contribution < -0.4 is 4.90 Å². The lowest BCUT2D eigenvalue weighted by molar-refractivity contribution is -0.141. The van der Waals surface area contributed by atoms with Crippen molar-refractivity contribution in [1.82, 2.24) is 0 Å². The van der Waals surface area contributed by atoms with E-state index in [-0.39, 0.29) is 29.5 Å². The van der Waals surface area contributed by atoms with Gasteiger partial charge in [0.15, 0.2) is 0 Å². The van der Waals surface area contributed by atoms with Gasteiger partial charge in [0, 0.05) is 18.7 Å². The van der Waals surface area contributed by atoms with Crippen LogP contribution in [0.4, 0.5) is 5.69 Å². The first-order valence-corrected chi connectivity index (χ1v) is 5.84. The first-order chi connectivity index (χ1) is 8.90. The number of carboxylic acid groups (broad SMARTS) is 2. The van der Waals surface area contributed by atoms with E-state index in [1.165, 1.54) is 23.1 Å². The predicted molar refractivity (Wildman–Crippen MR) is 66.5 cm³/mol. The molecule has 1 aliphatic rings. The molecule has 2 N–H and O–H groups in total. The topological polar surface area (TPSA) is 94.9 Å². The third kappa shape index (κ3) is 2.53. The lowest BCUT2D eigenvalue weighted by Crippen LogP contribution is -2.26. The van der Waals surface area contributed by atoms with Gasteiger partial charge in [-0.05, 0) is 18.2 Å². The quantitative estimate of drug-likeness (QED) is 0.876. The molecule has 0 aromatic heterocycles. The number of carboxylic acids is 2. The number of halogens is 1. The van der Waals surface area contributed by atoms with Gasteiger partial charge < -0.3 is 15.1 Å². The molecule has 1 saturated heterocycles. The summed E-state index contributed by atoms with van der Waals surface area (Å²) in [6, 6.07) is 4.14. The zero-order valence-corrected chi connectivity index (χ0v) is 10.4. The molecule has 1 heterocycles. The van der Waals surface area contributed by atoms with Crippen LogP contribution in [-0.4, -0.2) is 34.6 Å². The number of amides is 1. The van der Waals surface area contributed by atoms with Crippen LogP contribution in [0.3, 0.4) is 0 Å². The van der Waals surface area contributed by atoms with Crippen molar-refractivity contribution in [2.45, 2.75) is 6.42 Å². The van der Waals surface area contributed by atoms with Crippen molar-refractivity contribution in [3.05, 3.63) is 28.8 Å². The number of aromatic carboxylic acids is 1. The standard InChI is InChI=1S/C12H10ClNO5/c13-9-2-1-7(4-8(9)12(18)19)14-5-6(11(16)17)3-10(14)15/h1-2,4,6H,3,5H2,(H,16,17)(H,18,19). The largest absolute Gasteiger partial charge is 0.481 e. The summed E-state index contributed by atoms with van der Waals surface area (Å²) in [5.74, 6) is -3.35. The Morgan fingerprint density at radius 2 is 2.00 bits per heavy atom. The van der Waals surface area contributed by atoms with E-state index in [2.05, 4.69) is 0 Å². The first kappa shape index (κ1) is 13.4. The van der Waals surface area contributed by atoms with Crippen molar-refractivity contribution in [2.75, 3.05) is 11.4 Å². The molecular formula is C12H10ClNO5. The fourth-order valence-corrected chi connectivity index (χ4v) is 2.17. The molecule has 0 saturated carbocycles. The summed E-state index contributed by atoms with van der Waals surface area (Å²) in [4.78, 5) is 34.8. The van der Waals surface area contributed by atoms with Gasteiger partial charge >= 0.3 is 11.9 Å². The number of anilines is 1. The van der Waals surface area contributed by atoms with Crippen LogP contribution in [0.5, 0.6) is 0 Å². The van der Waals surface area contributed by atoms with Gasteiger partial charge in [0.25, 0.3) is 0 Å². The number of aliphatic carboxylic acids is 1. The highest BCUT2D eigenvalue weighted by Gasteiger charge is 2.35. The molecule has 0 aliphatic carbocycles. The van der Waals surface area contributed by atoms with Crippen LogP contribution in [-0.2, 0) is 9.59 Å². The maximum atomic E-state index is 11.7. The Labute approximate surface area is 113 Å². The van der Waals surface area contributed by atoms with Crippen LogP contribution >= 0.6 is 11.6 Å². The minimum absolute atomic E-state index is 0.0366. The summed E-state index contributed by atoms with van der Waals surface area (Å²) < 4.78 is 0. The predicted octanol–water partition coefficient (Wildman–Crippen LogP) is 1.48. The molecule has 19 heavy (non-hydrogen) atoms. The number of hydrogen-bond acceptors (Lipinski definition) is 3. The molecule has 0 bridgehead atoms. The summed E-state index contributed by atoms with van der Waals surface area (Å²) in [5, 5.41) is 17.9. The van der Waals surface area contributed by atoms with Gasteiger partial charge in [0.2, 0.25) is 5.91 Å². The Morgan fingerprint density at radius 3 is 2.53 bits per heavy atom. The van der Waals surface area contributed by atoms with Gasteiger partial charge in [-0.15, -0.1) is 0 Å². The molecule has 6 nitrogen and oxygen atoms in total. The van der Waals surface area contributed by atoms with Crippen LogP contribution in [0, 0.1) is 5.92 Å². The van der Waals surface area contributed by atoms with Crippen molar-refractivity contribution in [1.29, 1.82) is 0 Å². The Balaban J connectivity index is 2.33. The van der Waals surface area contributed by atoms with Crippen molar-refractivity contribution in [3.63, 3.8) is 0 Å². The van der Waals surface area contributed by atoms with Crippen molar-refractivity contribution >= 4 is 35.1 Å². The van der Waals surface area contributed by atoms with Crippen molar-refractivity contribution < 1.29 is 24.6 Å². The fourth-order valence-electron chi connectivity index (χ4n) is 1.97. The third-order valence-electron chi connectivity index (χ3n) is 2.97. The highest BCUT2D eigenvalue weighted by atomic mass is 35.5. The number of benzene rings is 1. The molecule has 1 aromatic carbocycles. The van der Waals surface area contributed by atoms with Gasteiger partial charge in [-0.3, -0.25) is 9.59 Å². The van der Waals surface area contributed by atoms with Gasteiger partial charge in [-0.2, -0.15) is 0 Å². The van der Waals surface area contributed by atoms with E-state index in [9.17, 15) is 14.4 Å². The van der Waals surface area contributed by atoms with E-state index < -0.39 is 17.9 Å². The fraction of sp³-hybridized carbons (Fsp3) is 0.250. The molecule has 0 spiro atoms. The second-order valence-corrected chi connectivity index (χ2v) is 4.62. The molecule has 1 atom stereocenters. The lowest BCUT2D eigenvalue weighted by atomic mass is 10.1. The number of hydrogen-bond donors (Lipinski definition) is 2. The summed E-state index contributed by atoms with van der Waals surface area (Å²) in [7, 11) is 0. The summed E-state index contributed by atoms with van der Waals surface area (Å²) in [5.41, 5.74) is 0.223. The maximum Gasteiger partial charge on any atom is 0.337 e. The van der Waals surface area contributed by atoms with Gasteiger partial charge in [-0.25, -0.2) is 4.79 Å². The summed E-state index contributed by atoms with van der Waals surface area (Å²) in [6.45, 7) is 0.0366. The van der Waals surface area contributed by atoms with Crippen LogP contribution in [0.15, 0.2) is 18.2 Å². The highest BCUT2D eigenvalue weighted by Crippen LogP contribution is 2.28. The van der Waals surface area contributed by atoms with Crippen LogP contribution in [0.25, 0.3) is 0 Å². The molecule has 1 amide bonds. The van der Waals surface area contributed by atoms with E-state index in [0.717, 1.165) is 0 Å². The monoisotopic (exact) mass is 283 g/mol. The smallest absolute Gasteiger partial charge is 0.337 e. The van der Waals surface area contributed by atoms with Crippen molar-refractivity contribution in [3.8, 4) is 0 Å². The van der Waals surface area contributed by atoms with Gasteiger partial charge in [0.1, 0.15) is 0 Å². The third-order valence-corrected chi connectivity index (χ3v) is 3.30. The SMILES string of the molecule is O=C(O)c1cc(N2CC(C(=O)O)CC2=O)ccc1Cl. The van der Waals surface area contributed by atoms with Crippen LogP contribution in [0.1, 0.15) is 16.8 Å². The van der Waals surface area contributed by atoms with Gasteiger partial charge in [0.05, 0.1) is 16.5 Å². The minimum atomic E-state index is -1.20.